The van der Waals surface area contributed by atoms with Crippen LogP contribution < -0.4 is 5.32 Å². The Labute approximate surface area is 146 Å². The Hall–Kier alpha value is -2.32. The molecule has 1 N–H and O–H groups in total. The van der Waals surface area contributed by atoms with Gasteiger partial charge in [0.05, 0.1) is 12.3 Å². The highest BCUT2D eigenvalue weighted by Gasteiger charge is 2.27. The maximum Gasteiger partial charge on any atom is 0.270 e. The SMILES string of the molecule is CCC(NC(=O)c1cc2ccccc2cn1)C(=O)C(C)OS(C)(=O)=O. The van der Waals surface area contributed by atoms with Crippen molar-refractivity contribution in [2.24, 2.45) is 0 Å². The highest BCUT2D eigenvalue weighted by Crippen LogP contribution is 2.14. The van der Waals surface area contributed by atoms with Crippen molar-refractivity contribution < 1.29 is 22.2 Å². The Bertz CT molecular complexity index is 895. The zero-order chi connectivity index (χ0) is 18.6. The zero-order valence-electron chi connectivity index (χ0n) is 14.2. The summed E-state index contributed by atoms with van der Waals surface area (Å²) in [6, 6.07) is 8.24. The number of carbonyl (C=O) groups excluding carboxylic acids is 2. The molecule has 1 heterocycles. The third-order valence-electron chi connectivity index (χ3n) is 3.64. The van der Waals surface area contributed by atoms with E-state index in [9.17, 15) is 18.0 Å². The van der Waals surface area contributed by atoms with Crippen LogP contribution in [0.4, 0.5) is 0 Å². The molecule has 2 atom stereocenters. The van der Waals surface area contributed by atoms with E-state index in [0.717, 1.165) is 17.0 Å². The summed E-state index contributed by atoms with van der Waals surface area (Å²) in [5.74, 6) is -1.01. The molecule has 1 amide bonds. The highest BCUT2D eigenvalue weighted by atomic mass is 32.2. The molecule has 0 aliphatic heterocycles. The lowest BCUT2D eigenvalue weighted by atomic mass is 10.1. The number of carbonyl (C=O) groups is 2. The number of pyridine rings is 1. The molecule has 8 heteroatoms. The summed E-state index contributed by atoms with van der Waals surface area (Å²) in [7, 11) is -3.76. The molecule has 1 aromatic heterocycles. The fourth-order valence-corrected chi connectivity index (χ4v) is 3.03. The molecular weight excluding hydrogens is 344 g/mol. The maximum absolute atomic E-state index is 12.4. The van der Waals surface area contributed by atoms with Crippen LogP contribution in [0.1, 0.15) is 30.8 Å². The van der Waals surface area contributed by atoms with Gasteiger partial charge >= 0.3 is 0 Å². The molecule has 0 aliphatic rings. The van der Waals surface area contributed by atoms with E-state index in [2.05, 4.69) is 14.5 Å². The van der Waals surface area contributed by atoms with Gasteiger partial charge in [0.15, 0.2) is 5.78 Å². The Morgan fingerprint density at radius 1 is 1.24 bits per heavy atom. The average molecular weight is 364 g/mol. The first kappa shape index (κ1) is 19.0. The van der Waals surface area contributed by atoms with Gasteiger partial charge in [-0.1, -0.05) is 31.2 Å². The molecule has 0 radical (unpaired) electrons. The van der Waals surface area contributed by atoms with Crippen molar-refractivity contribution in [3.63, 3.8) is 0 Å². The van der Waals surface area contributed by atoms with E-state index in [1.807, 2.05) is 24.3 Å². The monoisotopic (exact) mass is 364 g/mol. The first-order valence-corrected chi connectivity index (χ1v) is 9.60. The Kier molecular flexibility index (Phi) is 5.86. The number of amides is 1. The van der Waals surface area contributed by atoms with Gasteiger partial charge in [0.1, 0.15) is 11.8 Å². The van der Waals surface area contributed by atoms with Gasteiger partial charge in [0.25, 0.3) is 16.0 Å². The van der Waals surface area contributed by atoms with Gasteiger partial charge in [-0.05, 0) is 24.8 Å². The largest absolute Gasteiger partial charge is 0.341 e. The normalized spacial score (nSPS) is 14.0. The van der Waals surface area contributed by atoms with Gasteiger partial charge in [0, 0.05) is 11.6 Å². The van der Waals surface area contributed by atoms with Crippen molar-refractivity contribution in [3.05, 3.63) is 42.2 Å². The molecule has 7 nitrogen and oxygen atoms in total. The number of nitrogens with one attached hydrogen (secondary N) is 1. The molecule has 1 aromatic carbocycles. The Morgan fingerprint density at radius 2 is 1.88 bits per heavy atom. The van der Waals surface area contributed by atoms with Crippen molar-refractivity contribution in [3.8, 4) is 0 Å². The quantitative estimate of drug-likeness (QED) is 0.750. The van der Waals surface area contributed by atoms with Gasteiger partial charge in [-0.25, -0.2) is 0 Å². The number of hydrogen-bond acceptors (Lipinski definition) is 6. The lowest BCUT2D eigenvalue weighted by Crippen LogP contribution is -2.45. The fourth-order valence-electron chi connectivity index (χ4n) is 2.41. The van der Waals surface area contributed by atoms with E-state index >= 15 is 0 Å². The molecule has 2 unspecified atom stereocenters. The van der Waals surface area contributed by atoms with E-state index in [1.165, 1.54) is 6.92 Å². The number of nitrogens with zero attached hydrogens (tertiary/aromatic N) is 1. The number of rotatable bonds is 7. The van der Waals surface area contributed by atoms with Gasteiger partial charge in [-0.3, -0.25) is 18.8 Å². The van der Waals surface area contributed by atoms with Gasteiger partial charge < -0.3 is 5.32 Å². The molecule has 0 saturated heterocycles. The second-order valence-electron chi connectivity index (χ2n) is 5.70. The lowest BCUT2D eigenvalue weighted by molar-refractivity contribution is -0.126. The summed E-state index contributed by atoms with van der Waals surface area (Å²) in [4.78, 5) is 28.8. The van der Waals surface area contributed by atoms with Crippen LogP contribution in [0.15, 0.2) is 36.5 Å². The molecule has 0 spiro atoms. The average Bonchev–Trinajstić information content (AvgIpc) is 2.56. The number of Topliss-reactive ketones (excluding diaryl/α,β-unsaturated/α-hetero) is 1. The summed E-state index contributed by atoms with van der Waals surface area (Å²) in [5.41, 5.74) is 0.182. The molecular formula is C17H20N2O5S. The Morgan fingerprint density at radius 3 is 2.48 bits per heavy atom. The van der Waals surface area contributed by atoms with Gasteiger partial charge in [0.2, 0.25) is 0 Å². The molecule has 0 aliphatic carbocycles. The number of ketones is 1. The van der Waals surface area contributed by atoms with Crippen molar-refractivity contribution >= 4 is 32.6 Å². The van der Waals surface area contributed by atoms with Crippen molar-refractivity contribution in [1.82, 2.24) is 10.3 Å². The summed E-state index contributed by atoms with van der Waals surface area (Å²) in [5, 5.41) is 4.35. The summed E-state index contributed by atoms with van der Waals surface area (Å²) >= 11 is 0. The number of benzene rings is 1. The standard InChI is InChI=1S/C17H20N2O5S/c1-4-14(16(20)11(2)24-25(3,22)23)19-17(21)15-9-12-7-5-6-8-13(12)10-18-15/h5-11,14H,4H2,1-3H3,(H,19,21). The predicted molar refractivity (Wildman–Crippen MR) is 93.7 cm³/mol. The van der Waals surface area contributed by atoms with E-state index in [0.29, 0.717) is 6.42 Å². The first-order valence-electron chi connectivity index (χ1n) is 7.79. The van der Waals surface area contributed by atoms with Crippen molar-refractivity contribution in [1.29, 1.82) is 0 Å². The smallest absolute Gasteiger partial charge is 0.270 e. The topological polar surface area (TPSA) is 102 Å². The summed E-state index contributed by atoms with van der Waals surface area (Å²) in [6.07, 6.45) is 1.58. The zero-order valence-corrected chi connectivity index (χ0v) is 15.0. The first-order chi connectivity index (χ1) is 11.7. The van der Waals surface area contributed by atoms with Gasteiger partial charge in [-0.15, -0.1) is 0 Å². The summed E-state index contributed by atoms with van der Waals surface area (Å²) in [6.45, 7) is 3.05. The molecule has 0 saturated carbocycles. The fraction of sp³-hybridized carbons (Fsp3) is 0.353. The van der Waals surface area contributed by atoms with E-state index in [-0.39, 0.29) is 5.69 Å². The van der Waals surface area contributed by atoms with Crippen LogP contribution in [-0.2, 0) is 19.1 Å². The third-order valence-corrected chi connectivity index (χ3v) is 4.28. The van der Waals surface area contributed by atoms with Crippen LogP contribution in [0, 0.1) is 0 Å². The molecule has 0 fully saturated rings. The van der Waals surface area contributed by atoms with Crippen molar-refractivity contribution in [2.75, 3.05) is 6.26 Å². The van der Waals surface area contributed by atoms with Crippen LogP contribution in [0.5, 0.6) is 0 Å². The molecule has 2 rings (SSSR count). The minimum atomic E-state index is -3.76. The van der Waals surface area contributed by atoms with E-state index in [4.69, 9.17) is 0 Å². The van der Waals surface area contributed by atoms with E-state index in [1.54, 1.807) is 19.2 Å². The molecule has 0 bridgehead atoms. The number of fused-ring (bicyclic) bond motifs is 1. The lowest BCUT2D eigenvalue weighted by Gasteiger charge is -2.19. The van der Waals surface area contributed by atoms with Crippen LogP contribution in [0.3, 0.4) is 0 Å². The number of aromatic nitrogens is 1. The predicted octanol–water partition coefficient (Wildman–Crippen LogP) is 1.68. The second-order valence-corrected chi connectivity index (χ2v) is 7.30. The van der Waals surface area contributed by atoms with Crippen LogP contribution in [0.25, 0.3) is 10.8 Å². The van der Waals surface area contributed by atoms with Crippen LogP contribution in [0.2, 0.25) is 0 Å². The molecule has 134 valence electrons. The summed E-state index contributed by atoms with van der Waals surface area (Å²) < 4.78 is 27.0. The van der Waals surface area contributed by atoms with Crippen LogP contribution in [-0.4, -0.2) is 43.5 Å². The Balaban J connectivity index is 2.13. The highest BCUT2D eigenvalue weighted by molar-refractivity contribution is 7.86. The molecule has 25 heavy (non-hydrogen) atoms. The second kappa shape index (κ2) is 7.71. The van der Waals surface area contributed by atoms with E-state index < -0.39 is 34.0 Å². The molecule has 2 aromatic rings. The minimum Gasteiger partial charge on any atom is -0.341 e. The maximum atomic E-state index is 12.4. The third kappa shape index (κ3) is 5.07. The minimum absolute atomic E-state index is 0.182. The van der Waals surface area contributed by atoms with Gasteiger partial charge in [-0.2, -0.15) is 8.42 Å². The van der Waals surface area contributed by atoms with Crippen LogP contribution >= 0.6 is 0 Å². The number of hydrogen-bond donors (Lipinski definition) is 1. The van der Waals surface area contributed by atoms with Crippen molar-refractivity contribution in [2.45, 2.75) is 32.4 Å².